The van der Waals surface area contributed by atoms with E-state index >= 15 is 0 Å². The van der Waals surface area contributed by atoms with E-state index in [1.807, 2.05) is 6.92 Å². The number of anilines is 1. The van der Waals surface area contributed by atoms with Gasteiger partial charge in [-0.25, -0.2) is 9.97 Å². The maximum atomic E-state index is 5.74. The first-order chi connectivity index (χ1) is 9.88. The Kier molecular flexibility index (Phi) is 5.11. The lowest BCUT2D eigenvalue weighted by atomic mass is 10.1. The van der Waals surface area contributed by atoms with Crippen molar-refractivity contribution in [3.05, 3.63) is 17.5 Å². The number of nitrogens with zero attached hydrogens (tertiary/aromatic N) is 4. The zero-order valence-corrected chi connectivity index (χ0v) is 14.2. The smallest absolute Gasteiger partial charge is 0.225 e. The van der Waals surface area contributed by atoms with Crippen molar-refractivity contribution in [1.29, 1.82) is 0 Å². The SMILES string of the molecule is Cc1cc(C(C)C)nc(N2CCN(C(C)C(N)=S)CC2)n1. The number of rotatable bonds is 4. The largest absolute Gasteiger partial charge is 0.392 e. The van der Waals surface area contributed by atoms with Gasteiger partial charge >= 0.3 is 0 Å². The lowest BCUT2D eigenvalue weighted by molar-refractivity contribution is 0.238. The molecule has 2 rings (SSSR count). The molecule has 2 N–H and O–H groups in total. The molecule has 0 bridgehead atoms. The fourth-order valence-electron chi connectivity index (χ4n) is 2.50. The van der Waals surface area contributed by atoms with Gasteiger partial charge < -0.3 is 10.6 Å². The first kappa shape index (κ1) is 16.1. The number of nitrogens with two attached hydrogens (primary N) is 1. The molecule has 0 amide bonds. The third kappa shape index (κ3) is 3.89. The number of piperazine rings is 1. The number of aryl methyl sites for hydroxylation is 1. The van der Waals surface area contributed by atoms with E-state index in [1.165, 1.54) is 0 Å². The summed E-state index contributed by atoms with van der Waals surface area (Å²) in [6.07, 6.45) is 0. The van der Waals surface area contributed by atoms with Crippen molar-refractivity contribution in [3.63, 3.8) is 0 Å². The first-order valence-electron chi connectivity index (χ1n) is 7.52. The molecule has 0 aliphatic carbocycles. The van der Waals surface area contributed by atoms with Crippen LogP contribution in [0.2, 0.25) is 0 Å². The molecule has 0 spiro atoms. The van der Waals surface area contributed by atoms with Gasteiger partial charge in [0.2, 0.25) is 5.95 Å². The molecule has 2 heterocycles. The van der Waals surface area contributed by atoms with Crippen LogP contribution in [0.3, 0.4) is 0 Å². The second-order valence-corrected chi connectivity index (χ2v) is 6.46. The summed E-state index contributed by atoms with van der Waals surface area (Å²) in [4.78, 5) is 14.4. The maximum Gasteiger partial charge on any atom is 0.225 e. The summed E-state index contributed by atoms with van der Waals surface area (Å²) in [7, 11) is 0. The Bertz CT molecular complexity index is 509. The molecule has 116 valence electrons. The van der Waals surface area contributed by atoms with Crippen LogP contribution in [0.15, 0.2) is 6.07 Å². The standard InChI is InChI=1S/C15H25N5S/c1-10(2)13-9-11(3)17-15(18-13)20-7-5-19(6-8-20)12(4)14(16)21/h9-10,12H,5-8H2,1-4H3,(H2,16,21). The molecule has 1 fully saturated rings. The van der Waals surface area contributed by atoms with Crippen molar-refractivity contribution in [2.75, 3.05) is 31.1 Å². The van der Waals surface area contributed by atoms with Crippen molar-refractivity contribution in [1.82, 2.24) is 14.9 Å². The van der Waals surface area contributed by atoms with Crippen LogP contribution >= 0.6 is 12.2 Å². The molecule has 0 saturated carbocycles. The van der Waals surface area contributed by atoms with E-state index < -0.39 is 0 Å². The van der Waals surface area contributed by atoms with Crippen LogP contribution in [-0.2, 0) is 0 Å². The molecule has 1 aliphatic heterocycles. The highest BCUT2D eigenvalue weighted by Gasteiger charge is 2.24. The molecule has 6 heteroatoms. The van der Waals surface area contributed by atoms with E-state index in [4.69, 9.17) is 22.9 Å². The van der Waals surface area contributed by atoms with E-state index in [9.17, 15) is 0 Å². The van der Waals surface area contributed by atoms with Crippen LogP contribution in [0.1, 0.15) is 38.1 Å². The molecule has 1 atom stereocenters. The molecular formula is C15H25N5S. The average molecular weight is 307 g/mol. The number of hydrogen-bond donors (Lipinski definition) is 1. The Morgan fingerprint density at radius 2 is 1.81 bits per heavy atom. The fourth-order valence-corrected chi connectivity index (χ4v) is 2.65. The molecule has 1 aromatic rings. The highest BCUT2D eigenvalue weighted by Crippen LogP contribution is 2.18. The van der Waals surface area contributed by atoms with Gasteiger partial charge in [0.15, 0.2) is 0 Å². The second-order valence-electron chi connectivity index (χ2n) is 5.99. The molecule has 0 aromatic carbocycles. The molecule has 1 unspecified atom stereocenters. The fraction of sp³-hybridized carbons (Fsp3) is 0.667. The van der Waals surface area contributed by atoms with E-state index in [1.54, 1.807) is 0 Å². The lowest BCUT2D eigenvalue weighted by Gasteiger charge is -2.37. The van der Waals surface area contributed by atoms with Crippen LogP contribution in [-0.4, -0.2) is 52.1 Å². The molecule has 1 saturated heterocycles. The Balaban J connectivity index is 2.07. The van der Waals surface area contributed by atoms with E-state index in [0.717, 1.165) is 43.5 Å². The van der Waals surface area contributed by atoms with E-state index in [2.05, 4.69) is 41.6 Å². The molecule has 21 heavy (non-hydrogen) atoms. The Morgan fingerprint density at radius 1 is 1.19 bits per heavy atom. The first-order valence-corrected chi connectivity index (χ1v) is 7.93. The van der Waals surface area contributed by atoms with Crippen molar-refractivity contribution < 1.29 is 0 Å². The predicted molar refractivity (Wildman–Crippen MR) is 90.9 cm³/mol. The Labute approximate surface area is 132 Å². The van der Waals surface area contributed by atoms with Crippen LogP contribution in [0, 0.1) is 6.92 Å². The van der Waals surface area contributed by atoms with Crippen LogP contribution in [0.5, 0.6) is 0 Å². The summed E-state index contributed by atoms with van der Waals surface area (Å²) in [5.74, 6) is 1.27. The highest BCUT2D eigenvalue weighted by atomic mass is 32.1. The minimum atomic E-state index is 0.159. The van der Waals surface area contributed by atoms with Crippen LogP contribution < -0.4 is 10.6 Å². The topological polar surface area (TPSA) is 58.3 Å². The normalized spacial score (nSPS) is 18.0. The van der Waals surface area contributed by atoms with E-state index in [0.29, 0.717) is 10.9 Å². The van der Waals surface area contributed by atoms with Crippen LogP contribution in [0.4, 0.5) is 5.95 Å². The Hall–Kier alpha value is -1.27. The molecule has 1 aromatic heterocycles. The second kappa shape index (κ2) is 6.66. The summed E-state index contributed by atoms with van der Waals surface area (Å²) in [5.41, 5.74) is 7.88. The van der Waals surface area contributed by atoms with Gasteiger partial charge in [-0.05, 0) is 25.8 Å². The summed E-state index contributed by atoms with van der Waals surface area (Å²) in [6.45, 7) is 12.1. The van der Waals surface area contributed by atoms with Gasteiger partial charge in [-0.1, -0.05) is 26.1 Å². The number of hydrogen-bond acceptors (Lipinski definition) is 5. The van der Waals surface area contributed by atoms with Gasteiger partial charge in [0.1, 0.15) is 0 Å². The molecule has 1 aliphatic rings. The maximum absolute atomic E-state index is 5.74. The third-order valence-corrected chi connectivity index (χ3v) is 4.35. The third-order valence-electron chi connectivity index (χ3n) is 4.01. The summed E-state index contributed by atoms with van der Waals surface area (Å²) < 4.78 is 0. The molecule has 5 nitrogen and oxygen atoms in total. The lowest BCUT2D eigenvalue weighted by Crippen LogP contribution is -2.53. The summed E-state index contributed by atoms with van der Waals surface area (Å²) >= 11 is 5.08. The van der Waals surface area contributed by atoms with Crippen LogP contribution in [0.25, 0.3) is 0 Å². The minimum Gasteiger partial charge on any atom is -0.392 e. The number of aromatic nitrogens is 2. The van der Waals surface area contributed by atoms with E-state index in [-0.39, 0.29) is 6.04 Å². The van der Waals surface area contributed by atoms with Gasteiger partial charge in [-0.2, -0.15) is 0 Å². The van der Waals surface area contributed by atoms with Gasteiger partial charge in [0.05, 0.1) is 11.0 Å². The van der Waals surface area contributed by atoms with Crippen molar-refractivity contribution in [2.24, 2.45) is 5.73 Å². The van der Waals surface area contributed by atoms with Gasteiger partial charge in [0.25, 0.3) is 0 Å². The zero-order chi connectivity index (χ0) is 15.6. The zero-order valence-electron chi connectivity index (χ0n) is 13.3. The molecular weight excluding hydrogens is 282 g/mol. The van der Waals surface area contributed by atoms with Gasteiger partial charge in [-0.15, -0.1) is 0 Å². The van der Waals surface area contributed by atoms with Gasteiger partial charge in [-0.3, -0.25) is 4.90 Å². The Morgan fingerprint density at radius 3 is 2.33 bits per heavy atom. The van der Waals surface area contributed by atoms with Gasteiger partial charge in [0, 0.05) is 37.6 Å². The van der Waals surface area contributed by atoms with Crippen molar-refractivity contribution in [3.8, 4) is 0 Å². The molecule has 0 radical (unpaired) electrons. The minimum absolute atomic E-state index is 0.159. The summed E-state index contributed by atoms with van der Waals surface area (Å²) in [5, 5.41) is 0. The van der Waals surface area contributed by atoms with Crippen molar-refractivity contribution >= 4 is 23.2 Å². The predicted octanol–water partition coefficient (Wildman–Crippen LogP) is 1.71. The number of thiocarbonyl (C=S) groups is 1. The average Bonchev–Trinajstić information content (AvgIpc) is 2.45. The highest BCUT2D eigenvalue weighted by molar-refractivity contribution is 7.80. The quantitative estimate of drug-likeness (QED) is 0.855. The summed E-state index contributed by atoms with van der Waals surface area (Å²) in [6, 6.07) is 2.23. The van der Waals surface area contributed by atoms with Crippen molar-refractivity contribution in [2.45, 2.75) is 39.7 Å². The monoisotopic (exact) mass is 307 g/mol.